The lowest BCUT2D eigenvalue weighted by molar-refractivity contribution is 0.147. The molecule has 16 heavy (non-hydrogen) atoms. The van der Waals surface area contributed by atoms with E-state index in [1.165, 1.54) is 32.1 Å². The second kappa shape index (κ2) is 6.09. The molecule has 2 fully saturated rings. The fraction of sp³-hybridized carbons (Fsp3) is 0.917. The number of hydrogen-bond acceptors (Lipinski definition) is 2. The number of rotatable bonds is 1. The smallest absolute Gasteiger partial charge is 0.191 e. The predicted molar refractivity (Wildman–Crippen MR) is 65.5 cm³/mol. The number of ether oxygens (including phenoxy) is 1. The molecule has 0 amide bonds. The maximum absolute atomic E-state index is 6.07. The van der Waals surface area contributed by atoms with Gasteiger partial charge in [-0.1, -0.05) is 19.3 Å². The zero-order valence-electron chi connectivity index (χ0n) is 10.0. The van der Waals surface area contributed by atoms with E-state index in [4.69, 9.17) is 10.5 Å². The molecule has 4 heteroatoms. The molecule has 0 radical (unpaired) electrons. The molecule has 0 spiro atoms. The summed E-state index contributed by atoms with van der Waals surface area (Å²) in [5, 5.41) is 0. The van der Waals surface area contributed by atoms with Crippen molar-refractivity contribution in [3.63, 3.8) is 0 Å². The van der Waals surface area contributed by atoms with E-state index in [0.717, 1.165) is 38.7 Å². The van der Waals surface area contributed by atoms with Crippen molar-refractivity contribution in [1.82, 2.24) is 4.90 Å². The van der Waals surface area contributed by atoms with Crippen LogP contribution in [0, 0.1) is 0 Å². The van der Waals surface area contributed by atoms with Gasteiger partial charge in [-0.3, -0.25) is 0 Å². The Morgan fingerprint density at radius 1 is 1.06 bits per heavy atom. The minimum atomic E-state index is 0.470. The highest BCUT2D eigenvalue weighted by atomic mass is 16.5. The number of hydrogen-bond donors (Lipinski definition) is 1. The van der Waals surface area contributed by atoms with Gasteiger partial charge in [0.05, 0.1) is 12.6 Å². The van der Waals surface area contributed by atoms with Crippen LogP contribution in [-0.2, 0) is 4.74 Å². The first kappa shape index (κ1) is 11.7. The monoisotopic (exact) mass is 225 g/mol. The fourth-order valence-electron chi connectivity index (χ4n) is 2.45. The SMILES string of the molecule is NC(=NC1CCCCC1)N1CCCOCC1. The maximum Gasteiger partial charge on any atom is 0.191 e. The number of nitrogens with two attached hydrogens (primary N) is 1. The van der Waals surface area contributed by atoms with Crippen LogP contribution in [0.2, 0.25) is 0 Å². The Bertz CT molecular complexity index is 228. The van der Waals surface area contributed by atoms with Gasteiger partial charge in [0.15, 0.2) is 5.96 Å². The van der Waals surface area contributed by atoms with Crippen molar-refractivity contribution in [2.45, 2.75) is 44.6 Å². The highest BCUT2D eigenvalue weighted by Crippen LogP contribution is 2.20. The van der Waals surface area contributed by atoms with Crippen LogP contribution in [-0.4, -0.2) is 43.2 Å². The van der Waals surface area contributed by atoms with Crippen molar-refractivity contribution < 1.29 is 4.74 Å². The Hall–Kier alpha value is -0.770. The summed E-state index contributed by atoms with van der Waals surface area (Å²) in [6, 6.07) is 0.470. The van der Waals surface area contributed by atoms with Gasteiger partial charge in [-0.05, 0) is 19.3 Å². The van der Waals surface area contributed by atoms with Crippen LogP contribution >= 0.6 is 0 Å². The molecule has 0 bridgehead atoms. The second-order valence-corrected chi connectivity index (χ2v) is 4.73. The van der Waals surface area contributed by atoms with Gasteiger partial charge < -0.3 is 15.4 Å². The Kier molecular flexibility index (Phi) is 4.45. The van der Waals surface area contributed by atoms with Gasteiger partial charge in [0, 0.05) is 19.7 Å². The lowest BCUT2D eigenvalue weighted by atomic mass is 9.96. The highest BCUT2D eigenvalue weighted by molar-refractivity contribution is 5.78. The molecule has 1 saturated carbocycles. The largest absolute Gasteiger partial charge is 0.380 e. The summed E-state index contributed by atoms with van der Waals surface area (Å²) in [6.45, 7) is 3.51. The molecule has 0 atom stereocenters. The average Bonchev–Trinajstić information content (AvgIpc) is 2.59. The van der Waals surface area contributed by atoms with E-state index in [9.17, 15) is 0 Å². The summed E-state index contributed by atoms with van der Waals surface area (Å²) >= 11 is 0. The lowest BCUT2D eigenvalue weighted by Crippen LogP contribution is -2.40. The van der Waals surface area contributed by atoms with Crippen molar-refractivity contribution in [2.75, 3.05) is 26.3 Å². The number of guanidine groups is 1. The van der Waals surface area contributed by atoms with Crippen molar-refractivity contribution in [3.05, 3.63) is 0 Å². The third-order valence-corrected chi connectivity index (χ3v) is 3.44. The van der Waals surface area contributed by atoms with E-state index in [-0.39, 0.29) is 0 Å². The maximum atomic E-state index is 6.07. The molecular weight excluding hydrogens is 202 g/mol. The van der Waals surface area contributed by atoms with Gasteiger partial charge in [-0.2, -0.15) is 0 Å². The van der Waals surface area contributed by atoms with E-state index in [2.05, 4.69) is 9.89 Å². The van der Waals surface area contributed by atoms with Gasteiger partial charge in [0.25, 0.3) is 0 Å². The molecule has 2 N–H and O–H groups in total. The Balaban J connectivity index is 1.87. The molecular formula is C12H23N3O. The minimum Gasteiger partial charge on any atom is -0.380 e. The van der Waals surface area contributed by atoms with E-state index in [1.54, 1.807) is 0 Å². The van der Waals surface area contributed by atoms with Crippen molar-refractivity contribution in [1.29, 1.82) is 0 Å². The summed E-state index contributed by atoms with van der Waals surface area (Å²) in [4.78, 5) is 6.83. The normalized spacial score (nSPS) is 25.5. The molecule has 1 saturated heterocycles. The third kappa shape index (κ3) is 3.37. The fourth-order valence-corrected chi connectivity index (χ4v) is 2.45. The van der Waals surface area contributed by atoms with Gasteiger partial charge >= 0.3 is 0 Å². The van der Waals surface area contributed by atoms with E-state index in [0.29, 0.717) is 6.04 Å². The van der Waals surface area contributed by atoms with Crippen LogP contribution in [0.25, 0.3) is 0 Å². The molecule has 2 rings (SSSR count). The van der Waals surface area contributed by atoms with Crippen LogP contribution in [0.1, 0.15) is 38.5 Å². The molecule has 1 aliphatic heterocycles. The van der Waals surface area contributed by atoms with E-state index in [1.807, 2.05) is 0 Å². The summed E-state index contributed by atoms with van der Waals surface area (Å²) in [5.41, 5.74) is 6.07. The van der Waals surface area contributed by atoms with Crippen molar-refractivity contribution in [3.8, 4) is 0 Å². The molecule has 4 nitrogen and oxygen atoms in total. The standard InChI is InChI=1S/C12H23N3O/c13-12(14-11-5-2-1-3-6-11)15-7-4-9-16-10-8-15/h11H,1-10H2,(H2,13,14). The van der Waals surface area contributed by atoms with E-state index < -0.39 is 0 Å². The highest BCUT2D eigenvalue weighted by Gasteiger charge is 2.15. The van der Waals surface area contributed by atoms with Crippen LogP contribution in [0.4, 0.5) is 0 Å². The Morgan fingerprint density at radius 3 is 2.69 bits per heavy atom. The minimum absolute atomic E-state index is 0.470. The van der Waals surface area contributed by atoms with Gasteiger partial charge in [0.2, 0.25) is 0 Å². The summed E-state index contributed by atoms with van der Waals surface area (Å²) < 4.78 is 5.41. The Labute approximate surface area is 97.9 Å². The van der Waals surface area contributed by atoms with Crippen molar-refractivity contribution >= 4 is 5.96 Å². The predicted octanol–water partition coefficient (Wildman–Crippen LogP) is 1.36. The second-order valence-electron chi connectivity index (χ2n) is 4.73. The van der Waals surface area contributed by atoms with Gasteiger partial charge in [-0.15, -0.1) is 0 Å². The van der Waals surface area contributed by atoms with Crippen LogP contribution in [0.5, 0.6) is 0 Å². The summed E-state index contributed by atoms with van der Waals surface area (Å²) in [6.07, 6.45) is 7.47. The van der Waals surface area contributed by atoms with Crippen molar-refractivity contribution in [2.24, 2.45) is 10.7 Å². The number of nitrogens with zero attached hydrogens (tertiary/aromatic N) is 2. The van der Waals surface area contributed by atoms with Gasteiger partial charge in [-0.25, -0.2) is 4.99 Å². The number of aliphatic imine (C=N–C) groups is 1. The Morgan fingerprint density at radius 2 is 1.88 bits per heavy atom. The molecule has 2 aliphatic rings. The van der Waals surface area contributed by atoms with Crippen LogP contribution in [0.3, 0.4) is 0 Å². The first-order valence-corrected chi connectivity index (χ1v) is 6.52. The van der Waals surface area contributed by atoms with Gasteiger partial charge in [0.1, 0.15) is 0 Å². The molecule has 1 heterocycles. The zero-order valence-corrected chi connectivity index (χ0v) is 10.0. The molecule has 92 valence electrons. The molecule has 1 aliphatic carbocycles. The van der Waals surface area contributed by atoms with E-state index >= 15 is 0 Å². The zero-order chi connectivity index (χ0) is 11.2. The quantitative estimate of drug-likeness (QED) is 0.541. The first-order valence-electron chi connectivity index (χ1n) is 6.52. The summed E-state index contributed by atoms with van der Waals surface area (Å²) in [5.74, 6) is 0.734. The summed E-state index contributed by atoms with van der Waals surface area (Å²) in [7, 11) is 0. The topological polar surface area (TPSA) is 50.8 Å². The molecule has 0 aromatic carbocycles. The first-order chi connectivity index (χ1) is 7.86. The molecule has 0 unspecified atom stereocenters. The van der Waals surface area contributed by atoms with Crippen LogP contribution in [0.15, 0.2) is 4.99 Å². The molecule has 0 aromatic rings. The van der Waals surface area contributed by atoms with Crippen LogP contribution < -0.4 is 5.73 Å². The third-order valence-electron chi connectivity index (χ3n) is 3.44. The molecule has 0 aromatic heterocycles. The lowest BCUT2D eigenvalue weighted by Gasteiger charge is -2.24. The average molecular weight is 225 g/mol.